The molecule has 1 saturated carbocycles. The van der Waals surface area contributed by atoms with Crippen molar-refractivity contribution in [3.05, 3.63) is 33.8 Å². The number of nitrogens with two attached hydrogens (primary N) is 1. The number of rotatable bonds is 4. The third-order valence-electron chi connectivity index (χ3n) is 4.22. The molecule has 0 spiro atoms. The lowest BCUT2D eigenvalue weighted by Crippen LogP contribution is -2.42. The summed E-state index contributed by atoms with van der Waals surface area (Å²) in [4.78, 5) is 12.4. The highest BCUT2D eigenvalue weighted by molar-refractivity contribution is 6.36. The van der Waals surface area contributed by atoms with Gasteiger partial charge in [0, 0.05) is 22.2 Å². The minimum atomic E-state index is -0.434. The SMILES string of the molecule is NC[C@H]1CC[C@@H](C(=O)NC2(c3c(Cl)cccc3Cl)CC2)O1. The molecule has 2 aliphatic rings. The van der Waals surface area contributed by atoms with E-state index in [0.29, 0.717) is 23.0 Å². The van der Waals surface area contributed by atoms with Crippen molar-refractivity contribution in [2.45, 2.75) is 43.4 Å². The number of carbonyl (C=O) groups excluding carboxylic acids is 1. The van der Waals surface area contributed by atoms with E-state index in [0.717, 1.165) is 24.8 Å². The number of hydrogen-bond donors (Lipinski definition) is 2. The van der Waals surface area contributed by atoms with Crippen LogP contribution < -0.4 is 11.1 Å². The number of ether oxygens (including phenoxy) is 1. The molecule has 114 valence electrons. The molecule has 1 heterocycles. The standard InChI is InChI=1S/C15H18Cl2N2O2/c16-10-2-1-3-11(17)13(10)15(6-7-15)19-14(20)12-5-4-9(8-18)21-12/h1-3,9,12H,4-8,18H2,(H,19,20)/t9-,12+/m1/s1. The summed E-state index contributed by atoms with van der Waals surface area (Å²) in [6, 6.07) is 5.40. The Bertz CT molecular complexity index is 540. The van der Waals surface area contributed by atoms with E-state index in [2.05, 4.69) is 5.32 Å². The summed E-state index contributed by atoms with van der Waals surface area (Å²) in [6.07, 6.45) is 2.79. The first-order valence-electron chi connectivity index (χ1n) is 7.18. The van der Waals surface area contributed by atoms with Gasteiger partial charge in [-0.05, 0) is 37.8 Å². The van der Waals surface area contributed by atoms with E-state index in [1.54, 1.807) is 18.2 Å². The van der Waals surface area contributed by atoms with Gasteiger partial charge >= 0.3 is 0 Å². The lowest BCUT2D eigenvalue weighted by Gasteiger charge is -2.22. The fraction of sp³-hybridized carbons (Fsp3) is 0.533. The van der Waals surface area contributed by atoms with Crippen LogP contribution in [0.1, 0.15) is 31.2 Å². The number of amides is 1. The van der Waals surface area contributed by atoms with E-state index < -0.39 is 11.6 Å². The minimum absolute atomic E-state index is 0.0141. The minimum Gasteiger partial charge on any atom is -0.364 e. The van der Waals surface area contributed by atoms with Crippen molar-refractivity contribution in [3.8, 4) is 0 Å². The molecule has 21 heavy (non-hydrogen) atoms. The number of carbonyl (C=O) groups is 1. The highest BCUT2D eigenvalue weighted by Crippen LogP contribution is 2.50. The van der Waals surface area contributed by atoms with E-state index in [9.17, 15) is 4.79 Å². The normalized spacial score (nSPS) is 26.6. The summed E-state index contributed by atoms with van der Waals surface area (Å²) >= 11 is 12.5. The summed E-state index contributed by atoms with van der Waals surface area (Å²) in [5.41, 5.74) is 5.96. The fourth-order valence-corrected chi connectivity index (χ4v) is 3.66. The van der Waals surface area contributed by atoms with Crippen molar-refractivity contribution in [2.75, 3.05) is 6.54 Å². The molecular weight excluding hydrogens is 311 g/mol. The van der Waals surface area contributed by atoms with Crippen molar-refractivity contribution < 1.29 is 9.53 Å². The molecule has 0 unspecified atom stereocenters. The molecule has 4 nitrogen and oxygen atoms in total. The Hall–Kier alpha value is -0.810. The van der Waals surface area contributed by atoms with E-state index in [4.69, 9.17) is 33.7 Å². The molecule has 0 aromatic heterocycles. The molecule has 1 aliphatic carbocycles. The van der Waals surface area contributed by atoms with Gasteiger partial charge in [-0.3, -0.25) is 4.79 Å². The molecule has 0 radical (unpaired) electrons. The lowest BCUT2D eigenvalue weighted by atomic mass is 10.0. The van der Waals surface area contributed by atoms with Crippen LogP contribution in [0.5, 0.6) is 0 Å². The van der Waals surface area contributed by atoms with Gasteiger partial charge in [-0.25, -0.2) is 0 Å². The van der Waals surface area contributed by atoms with Gasteiger partial charge in [0.2, 0.25) is 5.91 Å². The van der Waals surface area contributed by atoms with Gasteiger partial charge in [-0.1, -0.05) is 29.3 Å². The summed E-state index contributed by atoms with van der Waals surface area (Å²) in [5, 5.41) is 4.26. The number of benzene rings is 1. The lowest BCUT2D eigenvalue weighted by molar-refractivity contribution is -0.132. The molecule has 1 saturated heterocycles. The molecule has 2 fully saturated rings. The molecule has 2 atom stereocenters. The molecule has 0 bridgehead atoms. The van der Waals surface area contributed by atoms with Crippen molar-refractivity contribution in [3.63, 3.8) is 0 Å². The molecule has 1 aromatic rings. The highest BCUT2D eigenvalue weighted by atomic mass is 35.5. The number of nitrogens with one attached hydrogen (secondary N) is 1. The fourth-order valence-electron chi connectivity index (χ4n) is 2.91. The predicted octanol–water partition coefficient (Wildman–Crippen LogP) is 2.61. The van der Waals surface area contributed by atoms with E-state index >= 15 is 0 Å². The van der Waals surface area contributed by atoms with Crippen LogP contribution in [0.3, 0.4) is 0 Å². The second-order valence-corrected chi connectivity index (χ2v) is 6.54. The molecule has 3 rings (SSSR count). The Kier molecular flexibility index (Phi) is 4.14. The van der Waals surface area contributed by atoms with Crippen LogP contribution in [0.4, 0.5) is 0 Å². The van der Waals surface area contributed by atoms with Gasteiger partial charge in [0.25, 0.3) is 0 Å². The first-order valence-corrected chi connectivity index (χ1v) is 7.93. The zero-order valence-corrected chi connectivity index (χ0v) is 13.1. The summed E-state index contributed by atoms with van der Waals surface area (Å²) in [6.45, 7) is 0.450. The summed E-state index contributed by atoms with van der Waals surface area (Å²) < 4.78 is 5.64. The van der Waals surface area contributed by atoms with Crippen molar-refractivity contribution >= 4 is 29.1 Å². The third-order valence-corrected chi connectivity index (χ3v) is 4.85. The monoisotopic (exact) mass is 328 g/mol. The predicted molar refractivity (Wildman–Crippen MR) is 82.5 cm³/mol. The van der Waals surface area contributed by atoms with E-state index in [1.807, 2.05) is 0 Å². The average Bonchev–Trinajstić information content (AvgIpc) is 3.04. The van der Waals surface area contributed by atoms with Crippen LogP contribution in [-0.4, -0.2) is 24.7 Å². The average molecular weight is 329 g/mol. The number of halogens is 2. The van der Waals surface area contributed by atoms with Crippen molar-refractivity contribution in [1.82, 2.24) is 5.32 Å². The van der Waals surface area contributed by atoms with Crippen molar-refractivity contribution in [1.29, 1.82) is 0 Å². The van der Waals surface area contributed by atoms with Gasteiger partial charge in [0.05, 0.1) is 11.6 Å². The molecule has 6 heteroatoms. The van der Waals surface area contributed by atoms with Crippen LogP contribution in [0.25, 0.3) is 0 Å². The van der Waals surface area contributed by atoms with E-state index in [-0.39, 0.29) is 12.0 Å². The largest absolute Gasteiger partial charge is 0.364 e. The van der Waals surface area contributed by atoms with Crippen LogP contribution in [-0.2, 0) is 15.1 Å². The molecule has 1 amide bonds. The Morgan fingerprint density at radius 3 is 2.52 bits per heavy atom. The maximum Gasteiger partial charge on any atom is 0.249 e. The second kappa shape index (κ2) is 5.76. The van der Waals surface area contributed by atoms with Gasteiger partial charge in [0.15, 0.2) is 0 Å². The van der Waals surface area contributed by atoms with Gasteiger partial charge < -0.3 is 15.8 Å². The quantitative estimate of drug-likeness (QED) is 0.892. The summed E-state index contributed by atoms with van der Waals surface area (Å²) in [5.74, 6) is -0.0977. The Balaban J connectivity index is 1.74. The highest BCUT2D eigenvalue weighted by Gasteiger charge is 2.49. The van der Waals surface area contributed by atoms with Crippen LogP contribution in [0.2, 0.25) is 10.0 Å². The maximum absolute atomic E-state index is 12.4. The maximum atomic E-state index is 12.4. The van der Waals surface area contributed by atoms with E-state index in [1.165, 1.54) is 0 Å². The molecule has 1 aliphatic heterocycles. The molecule has 1 aromatic carbocycles. The third kappa shape index (κ3) is 2.90. The van der Waals surface area contributed by atoms with Crippen molar-refractivity contribution in [2.24, 2.45) is 5.73 Å². The summed E-state index contributed by atoms with van der Waals surface area (Å²) in [7, 11) is 0. The first-order chi connectivity index (χ1) is 10.1. The Morgan fingerprint density at radius 1 is 1.33 bits per heavy atom. The zero-order chi connectivity index (χ0) is 15.0. The Labute approximate surface area is 133 Å². The smallest absolute Gasteiger partial charge is 0.249 e. The Morgan fingerprint density at radius 2 is 2.00 bits per heavy atom. The van der Waals surface area contributed by atoms with Crippen LogP contribution in [0.15, 0.2) is 18.2 Å². The number of hydrogen-bond acceptors (Lipinski definition) is 3. The topological polar surface area (TPSA) is 64.4 Å². The van der Waals surface area contributed by atoms with Gasteiger partial charge in [-0.15, -0.1) is 0 Å². The first kappa shape index (κ1) is 15.1. The molecule has 3 N–H and O–H groups in total. The second-order valence-electron chi connectivity index (χ2n) is 5.73. The van der Waals surface area contributed by atoms with Crippen LogP contribution in [0, 0.1) is 0 Å². The van der Waals surface area contributed by atoms with Gasteiger partial charge in [0.1, 0.15) is 6.10 Å². The van der Waals surface area contributed by atoms with Gasteiger partial charge in [-0.2, -0.15) is 0 Å². The molecular formula is C15H18Cl2N2O2. The van der Waals surface area contributed by atoms with Crippen LogP contribution >= 0.6 is 23.2 Å². The zero-order valence-electron chi connectivity index (χ0n) is 11.6.